The van der Waals surface area contributed by atoms with Crippen molar-refractivity contribution >= 4 is 41.3 Å². The van der Waals surface area contributed by atoms with Crippen LogP contribution in [0.25, 0.3) is 0 Å². The quantitative estimate of drug-likeness (QED) is 0.211. The van der Waals surface area contributed by atoms with Crippen LogP contribution in [0.1, 0.15) is 33.3 Å². The molecule has 1 aliphatic heterocycles. The molecule has 5 atom stereocenters. The van der Waals surface area contributed by atoms with E-state index >= 15 is 0 Å². The number of nitro benzene ring substituents is 1. The Balaban J connectivity index is 2.34. The van der Waals surface area contributed by atoms with E-state index in [4.69, 9.17) is 23.7 Å². The lowest BCUT2D eigenvalue weighted by molar-refractivity contribution is -0.384. The van der Waals surface area contributed by atoms with Crippen LogP contribution in [0.2, 0.25) is 0 Å². The van der Waals surface area contributed by atoms with Crippen LogP contribution in [0, 0.1) is 10.1 Å². The lowest BCUT2D eigenvalue weighted by Gasteiger charge is -2.44. The predicted molar refractivity (Wildman–Crippen MR) is 116 cm³/mol. The molecule has 1 saturated heterocycles. The summed E-state index contributed by atoms with van der Waals surface area (Å²) in [4.78, 5) is 57.1. The number of benzene rings is 1. The smallest absolute Gasteiger partial charge is 0.303 e. The maximum absolute atomic E-state index is 11.8. The molecule has 0 saturated carbocycles. The van der Waals surface area contributed by atoms with Crippen LogP contribution in [0.4, 0.5) is 5.69 Å². The van der Waals surface area contributed by atoms with Crippen LogP contribution < -0.4 is 0 Å². The Morgan fingerprint density at radius 1 is 0.882 bits per heavy atom. The Labute approximate surface area is 199 Å². The molecule has 1 fully saturated rings. The number of ether oxygens (including phenoxy) is 5. The number of nitro groups is 1. The van der Waals surface area contributed by atoms with Crippen LogP contribution >= 0.6 is 11.8 Å². The Kier molecular flexibility index (Phi) is 9.81. The van der Waals surface area contributed by atoms with Crippen LogP contribution in [0.3, 0.4) is 0 Å². The summed E-state index contributed by atoms with van der Waals surface area (Å²) < 4.78 is 27.1. The highest BCUT2D eigenvalue weighted by Gasteiger charge is 2.52. The predicted octanol–water partition coefficient (Wildman–Crippen LogP) is 1.91. The summed E-state index contributed by atoms with van der Waals surface area (Å²) in [5.41, 5.74) is -0.277. The van der Waals surface area contributed by atoms with Crippen LogP contribution in [-0.4, -0.2) is 65.3 Å². The first-order chi connectivity index (χ1) is 16.0. The topological polar surface area (TPSA) is 158 Å². The fourth-order valence-electron chi connectivity index (χ4n) is 3.22. The lowest BCUT2D eigenvalue weighted by Crippen LogP contribution is -2.61. The molecule has 1 heterocycles. The first kappa shape index (κ1) is 27.1. The molecule has 186 valence electrons. The molecule has 0 amide bonds. The second-order valence-corrected chi connectivity index (χ2v) is 8.39. The van der Waals surface area contributed by atoms with Crippen molar-refractivity contribution in [2.45, 2.75) is 63.3 Å². The molecule has 1 aliphatic rings. The van der Waals surface area contributed by atoms with E-state index in [0.717, 1.165) is 32.5 Å². The molecule has 1 aromatic rings. The number of carbonyl (C=O) groups excluding carboxylic acids is 4. The molecule has 34 heavy (non-hydrogen) atoms. The van der Waals surface area contributed by atoms with Gasteiger partial charge in [0.15, 0.2) is 18.3 Å². The number of carbonyl (C=O) groups is 4. The third-order valence-electron chi connectivity index (χ3n) is 4.51. The van der Waals surface area contributed by atoms with Gasteiger partial charge in [-0.1, -0.05) is 12.1 Å². The highest BCUT2D eigenvalue weighted by atomic mass is 32.2. The van der Waals surface area contributed by atoms with E-state index in [1.54, 1.807) is 12.1 Å². The first-order valence-corrected chi connectivity index (χ1v) is 11.2. The molecule has 0 spiro atoms. The minimum absolute atomic E-state index is 0.0685. The van der Waals surface area contributed by atoms with Crippen LogP contribution in [0.15, 0.2) is 24.3 Å². The van der Waals surface area contributed by atoms with E-state index < -0.39 is 58.7 Å². The van der Waals surface area contributed by atoms with Gasteiger partial charge in [-0.2, -0.15) is 0 Å². The average molecular weight is 499 g/mol. The van der Waals surface area contributed by atoms with Crippen molar-refractivity contribution in [3.8, 4) is 0 Å². The maximum atomic E-state index is 11.8. The van der Waals surface area contributed by atoms with Crippen molar-refractivity contribution in [3.05, 3.63) is 39.9 Å². The van der Waals surface area contributed by atoms with Gasteiger partial charge in [-0.3, -0.25) is 29.3 Å². The standard InChI is InChI=1S/C21H25NO11S/c1-11(23)29-9-17-18(30-12(2)24)19(31-13(3)25)20(32-14(4)26)21(33-17)34-10-15-5-7-16(8-6-15)22(27)28/h5-8,17-21H,9-10H2,1-4H3/t17-,18+,19+,20-,21+/m1/s1. The zero-order valence-corrected chi connectivity index (χ0v) is 19.8. The molecule has 0 N–H and O–H groups in total. The van der Waals surface area contributed by atoms with Gasteiger partial charge in [-0.15, -0.1) is 11.8 Å². The number of esters is 4. The molecule has 1 aromatic carbocycles. The first-order valence-electron chi connectivity index (χ1n) is 10.1. The van der Waals surface area contributed by atoms with Gasteiger partial charge in [-0.25, -0.2) is 0 Å². The minimum atomic E-state index is -1.24. The summed E-state index contributed by atoms with van der Waals surface area (Å²) in [5, 5.41) is 10.9. The van der Waals surface area contributed by atoms with Gasteiger partial charge in [0.05, 0.1) is 4.92 Å². The summed E-state index contributed by atoms with van der Waals surface area (Å²) in [6.45, 7) is 4.33. The summed E-state index contributed by atoms with van der Waals surface area (Å²) in [6.07, 6.45) is -4.66. The molecule has 12 nitrogen and oxygen atoms in total. The number of nitrogens with zero attached hydrogens (tertiary/aromatic N) is 1. The molecule has 13 heteroatoms. The Morgan fingerprint density at radius 3 is 1.91 bits per heavy atom. The molecule has 0 radical (unpaired) electrons. The summed E-state index contributed by atoms with van der Waals surface area (Å²) >= 11 is 1.16. The van der Waals surface area contributed by atoms with Crippen molar-refractivity contribution in [3.63, 3.8) is 0 Å². The van der Waals surface area contributed by atoms with Gasteiger partial charge in [0, 0.05) is 45.6 Å². The second-order valence-electron chi connectivity index (χ2n) is 7.30. The summed E-state index contributed by atoms with van der Waals surface area (Å²) in [6, 6.07) is 5.83. The van der Waals surface area contributed by atoms with Crippen molar-refractivity contribution in [1.82, 2.24) is 0 Å². The second kappa shape index (κ2) is 12.3. The Morgan fingerprint density at radius 2 is 1.41 bits per heavy atom. The van der Waals surface area contributed by atoms with E-state index in [-0.39, 0.29) is 18.0 Å². The van der Waals surface area contributed by atoms with Gasteiger partial charge in [-0.05, 0) is 5.56 Å². The number of hydrogen-bond donors (Lipinski definition) is 0. The molecule has 0 aliphatic carbocycles. The maximum Gasteiger partial charge on any atom is 0.303 e. The van der Waals surface area contributed by atoms with Gasteiger partial charge in [0.1, 0.15) is 18.1 Å². The number of rotatable bonds is 9. The largest absolute Gasteiger partial charge is 0.463 e. The third kappa shape index (κ3) is 7.99. The molecule has 0 unspecified atom stereocenters. The van der Waals surface area contributed by atoms with Crippen LogP contribution in [0.5, 0.6) is 0 Å². The van der Waals surface area contributed by atoms with Crippen molar-refractivity contribution in [2.24, 2.45) is 0 Å². The Bertz CT molecular complexity index is 920. The summed E-state index contributed by atoms with van der Waals surface area (Å²) in [7, 11) is 0. The van der Waals surface area contributed by atoms with E-state index in [9.17, 15) is 29.3 Å². The van der Waals surface area contributed by atoms with Gasteiger partial charge in [0.25, 0.3) is 5.69 Å². The molecule has 0 bridgehead atoms. The molecular weight excluding hydrogens is 474 g/mol. The fourth-order valence-corrected chi connectivity index (χ4v) is 4.39. The zero-order chi connectivity index (χ0) is 25.4. The summed E-state index contributed by atoms with van der Waals surface area (Å²) in [5.74, 6) is -2.44. The van der Waals surface area contributed by atoms with Gasteiger partial charge < -0.3 is 23.7 Å². The van der Waals surface area contributed by atoms with Crippen molar-refractivity contribution < 1.29 is 47.8 Å². The number of hydrogen-bond acceptors (Lipinski definition) is 12. The minimum Gasteiger partial charge on any atom is -0.463 e. The number of thioether (sulfide) groups is 1. The van der Waals surface area contributed by atoms with E-state index in [2.05, 4.69) is 0 Å². The average Bonchev–Trinajstić information content (AvgIpc) is 2.73. The van der Waals surface area contributed by atoms with Gasteiger partial charge in [0.2, 0.25) is 0 Å². The van der Waals surface area contributed by atoms with E-state index in [1.807, 2.05) is 0 Å². The highest BCUT2D eigenvalue weighted by molar-refractivity contribution is 7.99. The zero-order valence-electron chi connectivity index (χ0n) is 19.0. The van der Waals surface area contributed by atoms with E-state index in [1.165, 1.54) is 19.1 Å². The lowest BCUT2D eigenvalue weighted by atomic mass is 9.99. The fraction of sp³-hybridized carbons (Fsp3) is 0.524. The highest BCUT2D eigenvalue weighted by Crippen LogP contribution is 2.35. The molecule has 0 aromatic heterocycles. The normalized spacial score (nSPS) is 23.9. The third-order valence-corrected chi connectivity index (χ3v) is 5.72. The monoisotopic (exact) mass is 499 g/mol. The van der Waals surface area contributed by atoms with Crippen molar-refractivity contribution in [2.75, 3.05) is 6.61 Å². The van der Waals surface area contributed by atoms with Gasteiger partial charge >= 0.3 is 23.9 Å². The number of non-ortho nitro benzene ring substituents is 1. The molecule has 2 rings (SSSR count). The molecular formula is C21H25NO11S. The van der Waals surface area contributed by atoms with Crippen LogP contribution in [-0.2, 0) is 48.6 Å². The Hall–Kier alpha value is -3.19. The SMILES string of the molecule is CC(=O)OC[C@H]1O[C@@H](SCc2ccc([N+](=O)[O-])cc2)[C@H](OC(C)=O)[C@@H](OC(C)=O)[C@H]1OC(C)=O. The van der Waals surface area contributed by atoms with Crippen molar-refractivity contribution in [1.29, 1.82) is 0 Å². The van der Waals surface area contributed by atoms with E-state index in [0.29, 0.717) is 5.56 Å².